The summed E-state index contributed by atoms with van der Waals surface area (Å²) in [5.41, 5.74) is -0.402. The minimum absolute atomic E-state index is 0.256. The second-order valence-electron chi connectivity index (χ2n) is 3.60. The highest BCUT2D eigenvalue weighted by Gasteiger charge is 2.48. The molecule has 3 heteroatoms. The molecule has 1 aliphatic heterocycles. The molecule has 2 rings (SSSR count). The second-order valence-corrected chi connectivity index (χ2v) is 3.60. The molecule has 11 heavy (non-hydrogen) atoms. The molecule has 0 aromatic heterocycles. The van der Waals surface area contributed by atoms with Crippen LogP contribution in [0.25, 0.3) is 0 Å². The number of hydrogen-bond acceptors (Lipinski definition) is 2. The summed E-state index contributed by atoms with van der Waals surface area (Å²) in [6.45, 7) is 0.773. The van der Waals surface area contributed by atoms with Gasteiger partial charge in [0.1, 0.15) is 0 Å². The Morgan fingerprint density at radius 1 is 1.64 bits per heavy atom. The Labute approximate surface area is 65.4 Å². The van der Waals surface area contributed by atoms with Crippen LogP contribution >= 0.6 is 0 Å². The van der Waals surface area contributed by atoms with E-state index in [9.17, 15) is 4.79 Å². The predicted octanol–water partition coefficient (Wildman–Crippen LogP) is 1.03. The molecule has 0 spiro atoms. The molecule has 1 saturated heterocycles. The Bertz CT molecular complexity index is 180. The molecule has 2 aliphatic rings. The lowest BCUT2D eigenvalue weighted by Gasteiger charge is -2.37. The summed E-state index contributed by atoms with van der Waals surface area (Å²) in [7, 11) is 0. The molecule has 62 valence electrons. The van der Waals surface area contributed by atoms with Crippen LogP contribution in [0.4, 0.5) is 0 Å². The van der Waals surface area contributed by atoms with Gasteiger partial charge in [0.15, 0.2) is 0 Å². The number of carboxylic acids is 1. The van der Waals surface area contributed by atoms with E-state index in [1.54, 1.807) is 0 Å². The van der Waals surface area contributed by atoms with Crippen LogP contribution in [0.3, 0.4) is 0 Å². The van der Waals surface area contributed by atoms with Gasteiger partial charge in [-0.25, -0.2) is 0 Å². The molecule has 1 saturated carbocycles. The first-order chi connectivity index (χ1) is 5.23. The molecule has 0 amide bonds. The van der Waals surface area contributed by atoms with Crippen LogP contribution in [0.15, 0.2) is 0 Å². The maximum Gasteiger partial charge on any atom is 0.309 e. The van der Waals surface area contributed by atoms with E-state index >= 15 is 0 Å². The lowest BCUT2D eigenvalue weighted by molar-refractivity contribution is -0.155. The molecule has 0 aromatic rings. The van der Waals surface area contributed by atoms with E-state index in [1.165, 1.54) is 0 Å². The second kappa shape index (κ2) is 2.21. The van der Waals surface area contributed by atoms with Gasteiger partial charge in [-0.05, 0) is 19.3 Å². The summed E-state index contributed by atoms with van der Waals surface area (Å²) in [5.74, 6) is -0.626. The van der Waals surface area contributed by atoms with Crippen molar-refractivity contribution >= 4 is 5.97 Å². The van der Waals surface area contributed by atoms with Gasteiger partial charge in [-0.1, -0.05) is 6.42 Å². The fourth-order valence-corrected chi connectivity index (χ4v) is 1.73. The first kappa shape index (κ1) is 7.10. The predicted molar refractivity (Wildman–Crippen MR) is 38.3 cm³/mol. The highest BCUT2D eigenvalue weighted by atomic mass is 16.6. The maximum atomic E-state index is 10.8. The third-order valence-corrected chi connectivity index (χ3v) is 2.79. The van der Waals surface area contributed by atoms with E-state index in [0.717, 1.165) is 32.3 Å². The third-order valence-electron chi connectivity index (χ3n) is 2.79. The van der Waals surface area contributed by atoms with Crippen LogP contribution in [-0.4, -0.2) is 23.8 Å². The highest BCUT2D eigenvalue weighted by molar-refractivity contribution is 5.75. The van der Waals surface area contributed by atoms with Gasteiger partial charge in [-0.3, -0.25) is 4.79 Å². The Morgan fingerprint density at radius 2 is 2.27 bits per heavy atom. The largest absolute Gasteiger partial charge is 0.481 e. The van der Waals surface area contributed by atoms with Gasteiger partial charge in [0, 0.05) is 0 Å². The summed E-state index contributed by atoms with van der Waals surface area (Å²) in [6.07, 6.45) is 3.76. The van der Waals surface area contributed by atoms with Gasteiger partial charge in [0.05, 0.1) is 18.1 Å². The monoisotopic (exact) mass is 156 g/mol. The quantitative estimate of drug-likeness (QED) is 0.621. The van der Waals surface area contributed by atoms with Gasteiger partial charge in [-0.2, -0.15) is 0 Å². The zero-order chi connectivity index (χ0) is 7.90. The first-order valence-electron chi connectivity index (χ1n) is 4.08. The van der Waals surface area contributed by atoms with Crippen molar-refractivity contribution in [2.24, 2.45) is 5.41 Å². The SMILES string of the molecule is O=C(O)C1(CC2CO2)CCC1. The zero-order valence-corrected chi connectivity index (χ0v) is 6.38. The van der Waals surface area contributed by atoms with Gasteiger partial charge < -0.3 is 9.84 Å². The smallest absolute Gasteiger partial charge is 0.309 e. The van der Waals surface area contributed by atoms with E-state index in [-0.39, 0.29) is 6.10 Å². The summed E-state index contributed by atoms with van der Waals surface area (Å²) in [5, 5.41) is 8.90. The minimum Gasteiger partial charge on any atom is -0.481 e. The number of carbonyl (C=O) groups is 1. The van der Waals surface area contributed by atoms with Gasteiger partial charge in [-0.15, -0.1) is 0 Å². The van der Waals surface area contributed by atoms with Gasteiger partial charge in [0.2, 0.25) is 0 Å². The molecule has 2 fully saturated rings. The summed E-state index contributed by atoms with van der Waals surface area (Å²) in [6, 6.07) is 0. The topological polar surface area (TPSA) is 49.8 Å². The minimum atomic E-state index is -0.626. The molecule has 1 atom stereocenters. The maximum absolute atomic E-state index is 10.8. The van der Waals surface area contributed by atoms with Crippen LogP contribution in [-0.2, 0) is 9.53 Å². The van der Waals surface area contributed by atoms with Crippen molar-refractivity contribution in [2.75, 3.05) is 6.61 Å². The number of aliphatic carboxylic acids is 1. The standard InChI is InChI=1S/C8H12O3/c9-7(10)8(2-1-3-8)4-6-5-11-6/h6H,1-5H2,(H,9,10). The molecule has 1 heterocycles. The fraction of sp³-hybridized carbons (Fsp3) is 0.875. The van der Waals surface area contributed by atoms with Gasteiger partial charge >= 0.3 is 5.97 Å². The third kappa shape index (κ3) is 1.13. The van der Waals surface area contributed by atoms with Crippen LogP contribution in [0.5, 0.6) is 0 Å². The number of hydrogen-bond donors (Lipinski definition) is 1. The van der Waals surface area contributed by atoms with E-state index in [1.807, 2.05) is 0 Å². The molecular weight excluding hydrogens is 144 g/mol. The molecule has 0 aromatic carbocycles. The Kier molecular flexibility index (Phi) is 1.42. The summed E-state index contributed by atoms with van der Waals surface area (Å²) < 4.78 is 5.03. The highest BCUT2D eigenvalue weighted by Crippen LogP contribution is 2.46. The number of carboxylic acid groups (broad SMARTS) is 1. The average Bonchev–Trinajstić information content (AvgIpc) is 2.60. The summed E-state index contributed by atoms with van der Waals surface area (Å²) >= 11 is 0. The van der Waals surface area contributed by atoms with Gasteiger partial charge in [0.25, 0.3) is 0 Å². The van der Waals surface area contributed by atoms with Crippen molar-refractivity contribution in [3.05, 3.63) is 0 Å². The van der Waals surface area contributed by atoms with Crippen molar-refractivity contribution in [1.82, 2.24) is 0 Å². The Balaban J connectivity index is 1.97. The van der Waals surface area contributed by atoms with Crippen LogP contribution in [0.1, 0.15) is 25.7 Å². The zero-order valence-electron chi connectivity index (χ0n) is 6.38. The molecule has 1 unspecified atom stereocenters. The lowest BCUT2D eigenvalue weighted by Crippen LogP contribution is -2.39. The van der Waals surface area contributed by atoms with Crippen molar-refractivity contribution in [3.8, 4) is 0 Å². The number of epoxide rings is 1. The normalized spacial score (nSPS) is 32.5. The van der Waals surface area contributed by atoms with Crippen molar-refractivity contribution in [1.29, 1.82) is 0 Å². The number of ether oxygens (including phenoxy) is 1. The van der Waals surface area contributed by atoms with Crippen molar-refractivity contribution in [2.45, 2.75) is 31.8 Å². The molecule has 0 bridgehead atoms. The first-order valence-corrected chi connectivity index (χ1v) is 4.08. The molecule has 0 radical (unpaired) electrons. The fourth-order valence-electron chi connectivity index (χ4n) is 1.73. The molecular formula is C8H12O3. The Hall–Kier alpha value is -0.570. The number of rotatable bonds is 3. The van der Waals surface area contributed by atoms with E-state index in [0.29, 0.717) is 0 Å². The molecule has 1 N–H and O–H groups in total. The molecule has 1 aliphatic carbocycles. The van der Waals surface area contributed by atoms with E-state index in [2.05, 4.69) is 0 Å². The van der Waals surface area contributed by atoms with Crippen molar-refractivity contribution < 1.29 is 14.6 Å². The molecule has 3 nitrogen and oxygen atoms in total. The van der Waals surface area contributed by atoms with Crippen LogP contribution in [0, 0.1) is 5.41 Å². The lowest BCUT2D eigenvalue weighted by atomic mass is 9.66. The average molecular weight is 156 g/mol. The van der Waals surface area contributed by atoms with Crippen molar-refractivity contribution in [3.63, 3.8) is 0 Å². The summed E-state index contributed by atoms with van der Waals surface area (Å²) in [4.78, 5) is 10.8. The van der Waals surface area contributed by atoms with E-state index < -0.39 is 11.4 Å². The van der Waals surface area contributed by atoms with Crippen LogP contribution < -0.4 is 0 Å². The van der Waals surface area contributed by atoms with E-state index in [4.69, 9.17) is 9.84 Å². The van der Waals surface area contributed by atoms with Crippen LogP contribution in [0.2, 0.25) is 0 Å². The Morgan fingerprint density at radius 3 is 2.55 bits per heavy atom.